The molecule has 0 amide bonds. The van der Waals surface area contributed by atoms with Crippen LogP contribution in [0.2, 0.25) is 0 Å². The lowest BCUT2D eigenvalue weighted by Gasteiger charge is -2.07. The summed E-state index contributed by atoms with van der Waals surface area (Å²) < 4.78 is 7.45. The SMILES string of the molecule is [3H]Cc1ccc([S+](c2ccccc2)c2ccccc2)cc1. The van der Waals surface area contributed by atoms with Crippen molar-refractivity contribution in [2.24, 2.45) is 0 Å². The maximum atomic E-state index is 7.45. The summed E-state index contributed by atoms with van der Waals surface area (Å²) in [7, 11) is -0.0861. The predicted molar refractivity (Wildman–Crippen MR) is 86.2 cm³/mol. The molecule has 0 spiro atoms. The first-order valence-corrected chi connectivity index (χ1v) is 7.83. The molecule has 20 heavy (non-hydrogen) atoms. The number of hydrogen-bond donors (Lipinski definition) is 0. The molecule has 3 aromatic rings. The van der Waals surface area contributed by atoms with Crippen LogP contribution in [-0.2, 0) is 10.9 Å². The third-order valence-electron chi connectivity index (χ3n) is 3.12. The molecule has 0 saturated carbocycles. The van der Waals surface area contributed by atoms with Crippen LogP contribution in [-0.4, -0.2) is 0 Å². The van der Waals surface area contributed by atoms with Crippen molar-refractivity contribution in [3.8, 4) is 0 Å². The number of benzene rings is 3. The molecule has 0 atom stereocenters. The standard InChI is InChI=1S/C19H17S/c1-16-12-14-19(15-13-16)20(17-8-4-2-5-9-17)18-10-6-3-7-11-18/h2-15H,1H3/q+1/i1T. The van der Waals surface area contributed by atoms with E-state index in [4.69, 9.17) is 1.37 Å². The van der Waals surface area contributed by atoms with Crippen LogP contribution in [0.25, 0.3) is 0 Å². The van der Waals surface area contributed by atoms with Crippen molar-refractivity contribution in [2.45, 2.75) is 21.6 Å². The number of aryl methyl sites for hydroxylation is 1. The van der Waals surface area contributed by atoms with E-state index >= 15 is 0 Å². The van der Waals surface area contributed by atoms with Gasteiger partial charge in [0, 0.05) is 1.37 Å². The molecule has 0 aliphatic heterocycles. The maximum Gasteiger partial charge on any atom is 0.166 e. The Kier molecular flexibility index (Phi) is 3.53. The summed E-state index contributed by atoms with van der Waals surface area (Å²) in [4.78, 5) is 3.94. The molecule has 0 N–H and O–H groups in total. The minimum atomic E-state index is -0.0861. The van der Waals surface area contributed by atoms with E-state index in [2.05, 4.69) is 84.9 Å². The third kappa shape index (κ3) is 2.78. The van der Waals surface area contributed by atoms with Gasteiger partial charge in [-0.1, -0.05) is 54.1 Å². The summed E-state index contributed by atoms with van der Waals surface area (Å²) in [5.41, 5.74) is 1.06. The molecule has 0 fully saturated rings. The first-order valence-electron chi connectivity index (χ1n) is 7.32. The van der Waals surface area contributed by atoms with Crippen molar-refractivity contribution in [1.29, 1.82) is 0 Å². The van der Waals surface area contributed by atoms with E-state index in [9.17, 15) is 0 Å². The van der Waals surface area contributed by atoms with E-state index in [1.807, 2.05) is 0 Å². The monoisotopic (exact) mass is 279 g/mol. The normalized spacial score (nSPS) is 11.3. The zero-order valence-corrected chi connectivity index (χ0v) is 12.0. The van der Waals surface area contributed by atoms with Gasteiger partial charge in [-0.3, -0.25) is 0 Å². The lowest BCUT2D eigenvalue weighted by molar-refractivity contribution is 1.30. The van der Waals surface area contributed by atoms with Crippen LogP contribution in [0.4, 0.5) is 0 Å². The third-order valence-corrected chi connectivity index (χ3v) is 5.35. The highest BCUT2D eigenvalue weighted by Gasteiger charge is 2.27. The van der Waals surface area contributed by atoms with Crippen LogP contribution in [0.5, 0.6) is 0 Å². The van der Waals surface area contributed by atoms with E-state index in [1.54, 1.807) is 0 Å². The Morgan fingerprint density at radius 1 is 0.600 bits per heavy atom. The molecular weight excluding hydrogens is 260 g/mol. The lowest BCUT2D eigenvalue weighted by Crippen LogP contribution is -2.04. The largest absolute Gasteiger partial charge is 0.166 e. The first-order chi connectivity index (χ1) is 10.4. The molecule has 0 nitrogen and oxygen atoms in total. The van der Waals surface area contributed by atoms with Crippen molar-refractivity contribution in [3.63, 3.8) is 0 Å². The second kappa shape index (κ2) is 5.98. The van der Waals surface area contributed by atoms with Crippen LogP contribution in [0.15, 0.2) is 99.6 Å². The van der Waals surface area contributed by atoms with E-state index in [0.29, 0.717) is 6.90 Å². The van der Waals surface area contributed by atoms with Crippen LogP contribution in [0.3, 0.4) is 0 Å². The predicted octanol–water partition coefficient (Wildman–Crippen LogP) is 5.09. The fraction of sp³-hybridized carbons (Fsp3) is 0.0526. The summed E-state index contributed by atoms with van der Waals surface area (Å²) in [6.45, 7) is 0.338. The fourth-order valence-electron chi connectivity index (χ4n) is 2.15. The zero-order valence-electron chi connectivity index (χ0n) is 12.2. The maximum absolute atomic E-state index is 7.45. The average Bonchev–Trinajstić information content (AvgIpc) is 2.58. The van der Waals surface area contributed by atoms with Gasteiger partial charge in [0.05, 0.1) is 10.9 Å². The van der Waals surface area contributed by atoms with Gasteiger partial charge in [-0.15, -0.1) is 0 Å². The summed E-state index contributed by atoms with van der Waals surface area (Å²) in [5, 5.41) is 0. The molecule has 0 saturated heterocycles. The molecule has 3 rings (SSSR count). The molecule has 0 aromatic heterocycles. The van der Waals surface area contributed by atoms with Gasteiger partial charge in [-0.2, -0.15) is 0 Å². The highest BCUT2D eigenvalue weighted by Crippen LogP contribution is 2.30. The Morgan fingerprint density at radius 2 is 1.05 bits per heavy atom. The Hall–Kier alpha value is -1.99. The molecule has 0 aliphatic rings. The van der Waals surface area contributed by atoms with Crippen molar-refractivity contribution in [2.75, 3.05) is 0 Å². The van der Waals surface area contributed by atoms with Crippen LogP contribution >= 0.6 is 0 Å². The highest BCUT2D eigenvalue weighted by molar-refractivity contribution is 7.97. The van der Waals surface area contributed by atoms with Crippen molar-refractivity contribution >= 4 is 10.9 Å². The van der Waals surface area contributed by atoms with E-state index in [1.165, 1.54) is 14.7 Å². The minimum absolute atomic E-state index is 0.0861. The molecular formula is C19H17S+. The summed E-state index contributed by atoms with van der Waals surface area (Å²) in [5.74, 6) is 0. The van der Waals surface area contributed by atoms with Crippen LogP contribution in [0.1, 0.15) is 6.93 Å². The smallest absolute Gasteiger partial charge is 0.0619 e. The second-order valence-electron chi connectivity index (χ2n) is 4.58. The Morgan fingerprint density at radius 3 is 1.50 bits per heavy atom. The van der Waals surface area contributed by atoms with Crippen LogP contribution in [0, 0.1) is 6.90 Å². The van der Waals surface area contributed by atoms with Crippen LogP contribution < -0.4 is 0 Å². The van der Waals surface area contributed by atoms with Gasteiger partial charge < -0.3 is 0 Å². The van der Waals surface area contributed by atoms with E-state index < -0.39 is 0 Å². The highest BCUT2D eigenvalue weighted by atomic mass is 32.2. The first kappa shape index (κ1) is 11.8. The summed E-state index contributed by atoms with van der Waals surface area (Å²) in [6.07, 6.45) is 0. The van der Waals surface area contributed by atoms with Gasteiger partial charge in [0.1, 0.15) is 0 Å². The number of hydrogen-bond acceptors (Lipinski definition) is 0. The van der Waals surface area contributed by atoms with Gasteiger partial charge in [0.2, 0.25) is 0 Å². The quantitative estimate of drug-likeness (QED) is 0.586. The van der Waals surface area contributed by atoms with Crippen molar-refractivity contribution in [3.05, 3.63) is 90.5 Å². The van der Waals surface area contributed by atoms with E-state index in [0.717, 1.165) is 5.56 Å². The van der Waals surface area contributed by atoms with Gasteiger partial charge in [0.15, 0.2) is 14.7 Å². The average molecular weight is 279 g/mol. The van der Waals surface area contributed by atoms with Gasteiger partial charge in [-0.05, 0) is 43.3 Å². The molecule has 0 aliphatic carbocycles. The molecule has 3 aromatic carbocycles. The summed E-state index contributed by atoms with van der Waals surface area (Å²) in [6, 6.07) is 29.7. The molecule has 0 heterocycles. The van der Waals surface area contributed by atoms with Crippen molar-refractivity contribution < 1.29 is 1.37 Å². The molecule has 0 bridgehead atoms. The van der Waals surface area contributed by atoms with E-state index in [-0.39, 0.29) is 10.9 Å². The number of rotatable bonds is 3. The Balaban J connectivity index is 2.07. The summed E-state index contributed by atoms with van der Waals surface area (Å²) >= 11 is 0. The Bertz CT molecular complexity index is 638. The lowest BCUT2D eigenvalue weighted by atomic mass is 10.2. The molecule has 1 heteroatoms. The fourth-order valence-corrected chi connectivity index (χ4v) is 4.23. The second-order valence-corrected chi connectivity index (χ2v) is 6.60. The topological polar surface area (TPSA) is 0 Å². The van der Waals surface area contributed by atoms with Crippen molar-refractivity contribution in [1.82, 2.24) is 0 Å². The molecule has 0 unspecified atom stereocenters. The zero-order chi connectivity index (χ0) is 14.5. The van der Waals surface area contributed by atoms with Gasteiger partial charge >= 0.3 is 0 Å². The molecule has 98 valence electrons. The Labute approximate surface area is 124 Å². The minimum Gasteiger partial charge on any atom is -0.0619 e. The van der Waals surface area contributed by atoms with Gasteiger partial charge in [0.25, 0.3) is 0 Å². The molecule has 0 radical (unpaired) electrons. The van der Waals surface area contributed by atoms with Gasteiger partial charge in [-0.25, -0.2) is 0 Å².